The molecule has 2 nitrogen and oxygen atoms in total. The summed E-state index contributed by atoms with van der Waals surface area (Å²) in [5.41, 5.74) is 9.42. The molecule has 0 saturated heterocycles. The largest absolute Gasteiger partial charge is 0.309 e. The topological polar surface area (TPSA) is 17.8 Å². The van der Waals surface area contributed by atoms with Gasteiger partial charge in [-0.25, -0.2) is 0 Å². The molecule has 7 aromatic carbocycles. The summed E-state index contributed by atoms with van der Waals surface area (Å²) in [4.78, 5) is 4.69. The van der Waals surface area contributed by atoms with Crippen molar-refractivity contribution in [2.24, 2.45) is 0 Å². The molecule has 0 aliphatic heterocycles. The molecule has 0 atom stereocenters. The minimum atomic E-state index is 1.03. The van der Waals surface area contributed by atoms with Gasteiger partial charge in [-0.1, -0.05) is 109 Å². The van der Waals surface area contributed by atoms with Crippen molar-refractivity contribution in [1.82, 2.24) is 9.55 Å². The van der Waals surface area contributed by atoms with E-state index in [4.69, 9.17) is 4.98 Å². The van der Waals surface area contributed by atoms with Crippen molar-refractivity contribution < 1.29 is 0 Å². The van der Waals surface area contributed by atoms with E-state index in [1.54, 1.807) is 0 Å². The molecule has 0 fully saturated rings. The fraction of sp³-hybridized carbons (Fsp3) is 0.0238. The molecule has 9 rings (SSSR count). The smallest absolute Gasteiger partial charge is 0.0731 e. The van der Waals surface area contributed by atoms with E-state index in [-0.39, 0.29) is 0 Å². The zero-order valence-electron chi connectivity index (χ0n) is 24.3. The van der Waals surface area contributed by atoms with Gasteiger partial charge in [-0.15, -0.1) is 0 Å². The van der Waals surface area contributed by atoms with Gasteiger partial charge in [0.25, 0.3) is 0 Å². The van der Waals surface area contributed by atoms with Crippen molar-refractivity contribution >= 4 is 54.1 Å². The molecule has 0 amide bonds. The first-order chi connectivity index (χ1) is 21.7. The highest BCUT2D eigenvalue weighted by molar-refractivity contribution is 6.20. The number of hydrogen-bond donors (Lipinski definition) is 0. The Bertz CT molecular complexity index is 2560. The van der Waals surface area contributed by atoms with Crippen LogP contribution in [-0.4, -0.2) is 9.55 Å². The molecule has 206 valence electrons. The predicted molar refractivity (Wildman–Crippen MR) is 187 cm³/mol. The van der Waals surface area contributed by atoms with Gasteiger partial charge in [0.05, 0.1) is 16.7 Å². The molecular weight excluding hydrogens is 532 g/mol. The first kappa shape index (κ1) is 24.8. The molecule has 0 spiro atoms. The number of para-hydroxylation sites is 1. The minimum Gasteiger partial charge on any atom is -0.309 e. The lowest BCUT2D eigenvalue weighted by molar-refractivity contribution is 1.19. The van der Waals surface area contributed by atoms with Crippen molar-refractivity contribution in [2.45, 2.75) is 6.92 Å². The third-order valence-corrected chi connectivity index (χ3v) is 9.12. The molecule has 0 unspecified atom stereocenters. The zero-order chi connectivity index (χ0) is 29.2. The Labute approximate surface area is 255 Å². The maximum absolute atomic E-state index is 4.69. The van der Waals surface area contributed by atoms with Crippen molar-refractivity contribution in [1.29, 1.82) is 0 Å². The van der Waals surface area contributed by atoms with E-state index < -0.39 is 0 Å². The molecule has 0 aliphatic carbocycles. The zero-order valence-corrected chi connectivity index (χ0v) is 24.3. The van der Waals surface area contributed by atoms with Gasteiger partial charge in [0.1, 0.15) is 0 Å². The lowest BCUT2D eigenvalue weighted by atomic mass is 9.93. The quantitative estimate of drug-likeness (QED) is 0.197. The Morgan fingerprint density at radius 1 is 0.477 bits per heavy atom. The van der Waals surface area contributed by atoms with Gasteiger partial charge >= 0.3 is 0 Å². The van der Waals surface area contributed by atoms with Gasteiger partial charge in [0.2, 0.25) is 0 Å². The number of pyridine rings is 1. The number of nitrogens with zero attached hydrogens (tertiary/aromatic N) is 2. The van der Waals surface area contributed by atoms with Crippen LogP contribution in [0.15, 0.2) is 152 Å². The van der Waals surface area contributed by atoms with Gasteiger partial charge in [0, 0.05) is 33.6 Å². The molecule has 2 heteroatoms. The standard InChI is InChI=1S/C42H28N2/c1-27-10-9-23-43-41(27)31-19-20-34-29(24-31)18-22-38-37-21-17-30(26-40(37)44(42(34)38)32-12-3-2-4-13-32)39-25-28-11-5-6-14-33(28)35-15-7-8-16-36(35)39/h2-26H,1H3. The number of hydrogen-bond acceptors (Lipinski definition) is 1. The fourth-order valence-corrected chi connectivity index (χ4v) is 7.08. The van der Waals surface area contributed by atoms with E-state index in [0.29, 0.717) is 0 Å². The Balaban J connectivity index is 1.35. The van der Waals surface area contributed by atoms with Gasteiger partial charge in [-0.3, -0.25) is 4.98 Å². The van der Waals surface area contributed by atoms with Gasteiger partial charge in [-0.05, 0) is 86.9 Å². The van der Waals surface area contributed by atoms with Crippen molar-refractivity contribution in [2.75, 3.05) is 0 Å². The molecule has 2 aromatic heterocycles. The van der Waals surface area contributed by atoms with Crippen LogP contribution in [0.3, 0.4) is 0 Å². The first-order valence-electron chi connectivity index (χ1n) is 15.1. The minimum absolute atomic E-state index is 1.03. The second-order valence-electron chi connectivity index (χ2n) is 11.7. The van der Waals surface area contributed by atoms with E-state index in [2.05, 4.69) is 151 Å². The van der Waals surface area contributed by atoms with E-state index in [9.17, 15) is 0 Å². The second-order valence-corrected chi connectivity index (χ2v) is 11.7. The van der Waals surface area contributed by atoms with Gasteiger partial charge < -0.3 is 4.57 Å². The molecule has 44 heavy (non-hydrogen) atoms. The van der Waals surface area contributed by atoms with Crippen molar-refractivity contribution in [3.63, 3.8) is 0 Å². The lowest BCUT2D eigenvalue weighted by Crippen LogP contribution is -1.95. The molecule has 2 heterocycles. The van der Waals surface area contributed by atoms with Crippen LogP contribution in [0.1, 0.15) is 5.56 Å². The normalized spacial score (nSPS) is 11.8. The number of benzene rings is 7. The summed E-state index contributed by atoms with van der Waals surface area (Å²) in [5, 5.41) is 10.1. The Morgan fingerprint density at radius 2 is 1.18 bits per heavy atom. The molecule has 0 saturated carbocycles. The number of aryl methyl sites for hydroxylation is 1. The molecule has 0 aliphatic rings. The summed E-state index contributed by atoms with van der Waals surface area (Å²) in [6.45, 7) is 2.12. The fourth-order valence-electron chi connectivity index (χ4n) is 7.08. The average Bonchev–Trinajstić information content (AvgIpc) is 3.42. The van der Waals surface area contributed by atoms with Crippen molar-refractivity contribution in [3.05, 3.63) is 157 Å². The highest BCUT2D eigenvalue weighted by atomic mass is 15.0. The highest BCUT2D eigenvalue weighted by Crippen LogP contribution is 2.41. The lowest BCUT2D eigenvalue weighted by Gasteiger charge is -2.13. The maximum atomic E-state index is 4.69. The molecule has 0 radical (unpaired) electrons. The van der Waals surface area contributed by atoms with Gasteiger partial charge in [0.15, 0.2) is 0 Å². The van der Waals surface area contributed by atoms with E-state index in [0.717, 1.165) is 16.9 Å². The maximum Gasteiger partial charge on any atom is 0.0731 e. The van der Waals surface area contributed by atoms with Crippen LogP contribution >= 0.6 is 0 Å². The summed E-state index contributed by atoms with van der Waals surface area (Å²) < 4.78 is 2.45. The summed E-state index contributed by atoms with van der Waals surface area (Å²) in [5.74, 6) is 0. The van der Waals surface area contributed by atoms with Crippen LogP contribution in [-0.2, 0) is 0 Å². The Kier molecular flexibility index (Phi) is 5.45. The van der Waals surface area contributed by atoms with E-state index in [1.165, 1.54) is 70.8 Å². The summed E-state index contributed by atoms with van der Waals surface area (Å²) in [6.07, 6.45) is 1.87. The van der Waals surface area contributed by atoms with Gasteiger partial charge in [-0.2, -0.15) is 0 Å². The average molecular weight is 561 g/mol. The Morgan fingerprint density at radius 3 is 2.05 bits per heavy atom. The Hall–Kier alpha value is -5.73. The SMILES string of the molecule is Cc1cccnc1-c1ccc2c(ccc3c4ccc(-c5cc6ccccc6c6ccccc56)cc4n(-c4ccccc4)c23)c1. The first-order valence-corrected chi connectivity index (χ1v) is 15.1. The molecular formula is C42H28N2. The van der Waals surface area contributed by atoms with Crippen LogP contribution in [0.25, 0.3) is 82.2 Å². The van der Waals surface area contributed by atoms with E-state index >= 15 is 0 Å². The number of fused-ring (bicyclic) bond motifs is 8. The third kappa shape index (κ3) is 3.71. The van der Waals surface area contributed by atoms with Crippen LogP contribution in [0.4, 0.5) is 0 Å². The van der Waals surface area contributed by atoms with Crippen LogP contribution in [0, 0.1) is 6.92 Å². The summed E-state index contributed by atoms with van der Waals surface area (Å²) in [6, 6.07) is 53.0. The number of rotatable bonds is 3. The monoisotopic (exact) mass is 560 g/mol. The second kappa shape index (κ2) is 9.65. The molecule has 0 N–H and O–H groups in total. The summed E-state index contributed by atoms with van der Waals surface area (Å²) >= 11 is 0. The third-order valence-electron chi connectivity index (χ3n) is 9.12. The van der Waals surface area contributed by atoms with E-state index in [1.807, 2.05) is 12.3 Å². The highest BCUT2D eigenvalue weighted by Gasteiger charge is 2.18. The number of aromatic nitrogens is 2. The summed E-state index contributed by atoms with van der Waals surface area (Å²) in [7, 11) is 0. The van der Waals surface area contributed by atoms with Crippen LogP contribution in [0.2, 0.25) is 0 Å². The van der Waals surface area contributed by atoms with Crippen molar-refractivity contribution in [3.8, 4) is 28.1 Å². The van der Waals surface area contributed by atoms with Crippen LogP contribution in [0.5, 0.6) is 0 Å². The molecule has 0 bridgehead atoms. The molecule has 9 aromatic rings. The van der Waals surface area contributed by atoms with Crippen LogP contribution < -0.4 is 0 Å². The predicted octanol–water partition coefficient (Wildman–Crippen LogP) is 11.3.